The number of ether oxygens (including phenoxy) is 1. The van der Waals surface area contributed by atoms with Crippen molar-refractivity contribution in [2.24, 2.45) is 0 Å². The van der Waals surface area contributed by atoms with E-state index in [0.717, 1.165) is 16.8 Å². The van der Waals surface area contributed by atoms with Gasteiger partial charge < -0.3 is 4.74 Å². The highest BCUT2D eigenvalue weighted by atomic mass is 32.2. The Morgan fingerprint density at radius 1 is 1.14 bits per heavy atom. The van der Waals surface area contributed by atoms with Crippen molar-refractivity contribution in [2.75, 3.05) is 18.2 Å². The highest BCUT2D eigenvalue weighted by Gasteiger charge is 2.16. The van der Waals surface area contributed by atoms with E-state index in [0.29, 0.717) is 10.0 Å². The lowest BCUT2D eigenvalue weighted by Crippen LogP contribution is -2.21. The summed E-state index contributed by atoms with van der Waals surface area (Å²) in [4.78, 5) is 29.0. The summed E-state index contributed by atoms with van der Waals surface area (Å²) in [6.07, 6.45) is 1.48. The van der Waals surface area contributed by atoms with Crippen molar-refractivity contribution < 1.29 is 18.5 Å². The molecule has 28 heavy (non-hydrogen) atoms. The molecule has 1 N–H and O–H groups in total. The third kappa shape index (κ3) is 4.90. The van der Waals surface area contributed by atoms with Crippen molar-refractivity contribution in [1.82, 2.24) is 4.98 Å². The number of hydrogen-bond donors (Lipinski definition) is 1. The van der Waals surface area contributed by atoms with Gasteiger partial charge in [-0.05, 0) is 19.1 Å². The minimum absolute atomic E-state index is 0.187. The van der Waals surface area contributed by atoms with E-state index in [-0.39, 0.29) is 5.56 Å². The number of esters is 1. The van der Waals surface area contributed by atoms with E-state index in [1.807, 2.05) is 36.6 Å². The molecule has 0 unspecified atom stereocenters. The topological polar surface area (TPSA) is 85.4 Å². The maximum absolute atomic E-state index is 12.2. The molecule has 1 heterocycles. The molecule has 0 fully saturated rings. The Morgan fingerprint density at radius 3 is 2.57 bits per heavy atom. The van der Waals surface area contributed by atoms with Crippen LogP contribution in [0.4, 0.5) is 5.13 Å². The van der Waals surface area contributed by atoms with E-state index < -0.39 is 29.3 Å². The second-order valence-electron chi connectivity index (χ2n) is 5.98. The highest BCUT2D eigenvalue weighted by molar-refractivity contribution is 7.84. The van der Waals surface area contributed by atoms with Crippen LogP contribution in [0.3, 0.4) is 0 Å². The highest BCUT2D eigenvalue weighted by Crippen LogP contribution is 2.25. The first-order valence-corrected chi connectivity index (χ1v) is 10.8. The normalized spacial score (nSPS) is 11.6. The van der Waals surface area contributed by atoms with E-state index >= 15 is 0 Å². The molecule has 6 nitrogen and oxygen atoms in total. The van der Waals surface area contributed by atoms with Crippen LogP contribution in [0.1, 0.15) is 15.9 Å². The second-order valence-corrected chi connectivity index (χ2v) is 8.18. The summed E-state index contributed by atoms with van der Waals surface area (Å²) in [5.41, 5.74) is 3.06. The first-order chi connectivity index (χ1) is 13.4. The summed E-state index contributed by atoms with van der Waals surface area (Å²) in [6, 6.07) is 14.4. The van der Waals surface area contributed by atoms with Crippen LogP contribution in [0.2, 0.25) is 0 Å². The number of amides is 1. The van der Waals surface area contributed by atoms with Crippen LogP contribution < -0.4 is 5.32 Å². The van der Waals surface area contributed by atoms with Gasteiger partial charge in [-0.2, -0.15) is 0 Å². The van der Waals surface area contributed by atoms with Crippen molar-refractivity contribution in [2.45, 2.75) is 11.8 Å². The maximum atomic E-state index is 12.2. The Labute approximate surface area is 169 Å². The summed E-state index contributed by atoms with van der Waals surface area (Å²) in [5, 5.41) is 4.89. The van der Waals surface area contributed by atoms with Crippen molar-refractivity contribution in [3.63, 3.8) is 0 Å². The van der Waals surface area contributed by atoms with Gasteiger partial charge in [0.05, 0.1) is 27.0 Å². The number of thiazole rings is 1. The molecule has 0 bridgehead atoms. The van der Waals surface area contributed by atoms with Crippen LogP contribution in [0.15, 0.2) is 58.8 Å². The fourth-order valence-corrected chi connectivity index (χ4v) is 3.91. The molecule has 0 aliphatic rings. The zero-order valence-corrected chi connectivity index (χ0v) is 16.9. The Balaban J connectivity index is 1.59. The average molecular weight is 415 g/mol. The molecular formula is C20H18N2O4S2. The number of aromatic nitrogens is 1. The van der Waals surface area contributed by atoms with Crippen molar-refractivity contribution in [3.8, 4) is 11.3 Å². The zero-order valence-electron chi connectivity index (χ0n) is 15.3. The molecule has 1 atom stereocenters. The van der Waals surface area contributed by atoms with Crippen LogP contribution in [0.25, 0.3) is 11.3 Å². The van der Waals surface area contributed by atoms with Gasteiger partial charge in [-0.15, -0.1) is 11.3 Å². The number of carbonyl (C=O) groups excluding carboxylic acids is 2. The van der Waals surface area contributed by atoms with Crippen LogP contribution in [-0.4, -0.2) is 33.9 Å². The van der Waals surface area contributed by atoms with Crippen LogP contribution >= 0.6 is 11.3 Å². The Hall–Kier alpha value is -2.84. The fraction of sp³-hybridized carbons (Fsp3) is 0.150. The summed E-state index contributed by atoms with van der Waals surface area (Å²) in [6.45, 7) is 1.55. The molecule has 0 spiro atoms. The molecular weight excluding hydrogens is 396 g/mol. The van der Waals surface area contributed by atoms with E-state index in [1.54, 1.807) is 18.2 Å². The lowest BCUT2D eigenvalue weighted by Gasteiger charge is -2.07. The first-order valence-electron chi connectivity index (χ1n) is 8.36. The smallest absolute Gasteiger partial charge is 0.339 e. The Morgan fingerprint density at radius 2 is 1.86 bits per heavy atom. The van der Waals surface area contributed by atoms with E-state index in [9.17, 15) is 13.8 Å². The minimum atomic E-state index is -1.33. The number of anilines is 1. The predicted molar refractivity (Wildman–Crippen MR) is 110 cm³/mol. The van der Waals surface area contributed by atoms with Gasteiger partial charge in [0.2, 0.25) is 0 Å². The standard InChI is InChI=1S/C20H18N2O4S2/c1-13-7-9-14(10-8-13)16-12-27-20(21-16)22-18(23)11-26-19(24)15-5-3-4-6-17(15)28(2)25/h3-10,12H,11H2,1-2H3,(H,21,22,23)/t28-/m0/s1. The third-order valence-electron chi connectivity index (χ3n) is 3.85. The van der Waals surface area contributed by atoms with Gasteiger partial charge in [-0.25, -0.2) is 9.78 Å². The number of nitrogens with zero attached hydrogens (tertiary/aromatic N) is 1. The number of rotatable bonds is 6. The van der Waals surface area contributed by atoms with Crippen LogP contribution in [0.5, 0.6) is 0 Å². The van der Waals surface area contributed by atoms with Gasteiger partial charge in [-0.3, -0.25) is 14.3 Å². The maximum Gasteiger partial charge on any atom is 0.339 e. The summed E-state index contributed by atoms with van der Waals surface area (Å²) in [5.74, 6) is -1.19. The average Bonchev–Trinajstić information content (AvgIpc) is 3.15. The summed E-state index contributed by atoms with van der Waals surface area (Å²) < 4.78 is 16.8. The Bertz CT molecular complexity index is 1030. The molecule has 2 aromatic carbocycles. The van der Waals surface area contributed by atoms with Gasteiger partial charge in [0.15, 0.2) is 11.7 Å². The molecule has 0 aliphatic heterocycles. The third-order valence-corrected chi connectivity index (χ3v) is 5.58. The molecule has 1 amide bonds. The molecule has 8 heteroatoms. The lowest BCUT2D eigenvalue weighted by atomic mass is 10.1. The lowest BCUT2D eigenvalue weighted by molar-refractivity contribution is -0.119. The monoisotopic (exact) mass is 414 g/mol. The molecule has 0 radical (unpaired) electrons. The van der Waals surface area contributed by atoms with Crippen LogP contribution in [0, 0.1) is 6.92 Å². The van der Waals surface area contributed by atoms with Gasteiger partial charge in [0.25, 0.3) is 5.91 Å². The zero-order chi connectivity index (χ0) is 20.1. The van der Waals surface area contributed by atoms with Gasteiger partial charge >= 0.3 is 5.97 Å². The number of nitrogens with one attached hydrogen (secondary N) is 1. The first kappa shape index (κ1) is 19.9. The van der Waals surface area contributed by atoms with Gasteiger partial charge in [-0.1, -0.05) is 42.0 Å². The fourth-order valence-electron chi connectivity index (χ4n) is 2.44. The number of carbonyl (C=O) groups is 2. The quantitative estimate of drug-likeness (QED) is 0.622. The van der Waals surface area contributed by atoms with Crippen molar-refractivity contribution in [3.05, 3.63) is 65.0 Å². The Kier molecular flexibility index (Phi) is 6.33. The summed E-state index contributed by atoms with van der Waals surface area (Å²) in [7, 11) is -1.33. The molecule has 3 aromatic rings. The van der Waals surface area contributed by atoms with E-state index in [1.165, 1.54) is 23.7 Å². The van der Waals surface area contributed by atoms with Gasteiger partial charge in [0, 0.05) is 17.2 Å². The number of benzene rings is 2. The molecule has 0 aliphatic carbocycles. The number of aryl methyl sites for hydroxylation is 1. The SMILES string of the molecule is Cc1ccc(-c2csc(NC(=O)COC(=O)c3ccccc3[S@](C)=O)n2)cc1. The molecule has 3 rings (SSSR count). The second kappa shape index (κ2) is 8.90. The van der Waals surface area contributed by atoms with E-state index in [2.05, 4.69) is 10.3 Å². The minimum Gasteiger partial charge on any atom is -0.452 e. The molecule has 1 aromatic heterocycles. The van der Waals surface area contributed by atoms with E-state index in [4.69, 9.17) is 4.74 Å². The number of hydrogen-bond acceptors (Lipinski definition) is 6. The van der Waals surface area contributed by atoms with Crippen molar-refractivity contribution in [1.29, 1.82) is 0 Å². The largest absolute Gasteiger partial charge is 0.452 e. The van der Waals surface area contributed by atoms with Crippen LogP contribution in [-0.2, 0) is 20.3 Å². The van der Waals surface area contributed by atoms with Crippen molar-refractivity contribution >= 4 is 39.1 Å². The summed E-state index contributed by atoms with van der Waals surface area (Å²) >= 11 is 1.29. The molecule has 0 saturated heterocycles. The molecule has 0 saturated carbocycles. The molecule has 144 valence electrons. The van der Waals surface area contributed by atoms with Gasteiger partial charge in [0.1, 0.15) is 0 Å². The predicted octanol–water partition coefficient (Wildman–Crippen LogP) is 3.65.